The normalized spacial score (nSPS) is 13.6. The summed E-state index contributed by atoms with van der Waals surface area (Å²) < 4.78 is 5.32. The number of rotatable bonds is 13. The Morgan fingerprint density at radius 3 is 1.94 bits per heavy atom. The number of unbranched alkanes of at least 4 members (excludes halogenated alkanes) is 6. The van der Waals surface area contributed by atoms with Crippen molar-refractivity contribution in [3.63, 3.8) is 0 Å². The summed E-state index contributed by atoms with van der Waals surface area (Å²) in [4.78, 5) is 0. The fourth-order valence-corrected chi connectivity index (χ4v) is 5.16. The van der Waals surface area contributed by atoms with Gasteiger partial charge in [0.1, 0.15) is 5.75 Å². The summed E-state index contributed by atoms with van der Waals surface area (Å²) in [6, 6.07) is 11.9. The maximum absolute atomic E-state index is 9.85. The second-order valence-electron chi connectivity index (χ2n) is 8.81. The van der Waals surface area contributed by atoms with E-state index in [-0.39, 0.29) is 5.41 Å². The molecule has 0 saturated carbocycles. The largest absolute Gasteiger partial charge is 0.569 e. The zero-order chi connectivity index (χ0) is 22.3. The van der Waals surface area contributed by atoms with E-state index in [1.54, 1.807) is 0 Å². The van der Waals surface area contributed by atoms with Gasteiger partial charge in [-0.1, -0.05) is 89.5 Å². The number of hydrogen-bond donors (Lipinski definition) is 3. The molecule has 0 fully saturated rings. The van der Waals surface area contributed by atoms with Crippen molar-refractivity contribution in [1.29, 1.82) is 0 Å². The van der Waals surface area contributed by atoms with E-state index in [1.807, 2.05) is 24.3 Å². The van der Waals surface area contributed by atoms with Gasteiger partial charge in [0.2, 0.25) is 0 Å². The second-order valence-corrected chi connectivity index (χ2v) is 8.81. The molecule has 3 rings (SSSR count). The lowest BCUT2D eigenvalue weighted by atomic mass is 9.68. The Labute approximate surface area is 188 Å². The predicted molar refractivity (Wildman–Crippen MR) is 129 cm³/mol. The lowest BCUT2D eigenvalue weighted by Crippen LogP contribution is -2.32. The minimum absolute atomic E-state index is 0.175. The number of hydrogen-bond acceptors (Lipinski definition) is 4. The van der Waals surface area contributed by atoms with Crippen LogP contribution >= 0.6 is 0 Å². The van der Waals surface area contributed by atoms with E-state index in [0.29, 0.717) is 11.2 Å². The maximum Gasteiger partial charge on any atom is 0.569 e. The fourth-order valence-electron chi connectivity index (χ4n) is 5.16. The molecule has 31 heavy (non-hydrogen) atoms. The molecule has 0 atom stereocenters. The summed E-state index contributed by atoms with van der Waals surface area (Å²) in [7, 11) is -0.747. The Bertz CT molecular complexity index is 841. The van der Waals surface area contributed by atoms with E-state index in [0.717, 1.165) is 33.4 Å². The maximum atomic E-state index is 9.85. The summed E-state index contributed by atoms with van der Waals surface area (Å²) in [5, 5.41) is 28.9. The van der Waals surface area contributed by atoms with Gasteiger partial charge >= 0.3 is 14.8 Å². The third kappa shape index (κ3) is 5.19. The van der Waals surface area contributed by atoms with Crippen molar-refractivity contribution in [2.45, 2.75) is 83.5 Å². The van der Waals surface area contributed by atoms with Crippen LogP contribution in [0.3, 0.4) is 0 Å². The van der Waals surface area contributed by atoms with Crippen molar-refractivity contribution < 1.29 is 19.7 Å². The van der Waals surface area contributed by atoms with E-state index >= 15 is 0 Å². The molecule has 0 unspecified atom stereocenters. The Balaban J connectivity index is 2.09. The summed E-state index contributed by atoms with van der Waals surface area (Å²) in [6.45, 7) is 4.45. The topological polar surface area (TPSA) is 69.9 Å². The molecule has 0 heterocycles. The predicted octanol–water partition coefficient (Wildman–Crippen LogP) is 4.48. The van der Waals surface area contributed by atoms with Gasteiger partial charge in [-0.25, -0.2) is 0 Å². The molecule has 2 aromatic carbocycles. The van der Waals surface area contributed by atoms with Crippen LogP contribution < -0.4 is 10.1 Å². The molecular weight excluding hydrogens is 386 g/mol. The minimum atomic E-state index is -1.48. The third-order valence-corrected chi connectivity index (χ3v) is 6.76. The van der Waals surface area contributed by atoms with Gasteiger partial charge in [0.05, 0.1) is 0 Å². The standard InChI is InChI=1S/C25H35B2O4/c1-3-5-7-9-15-25(16-10-8-6-4-2)23-17-19(27(29)30)11-13-21(23)22-14-12-20(31-26-28)18-24(22)25/h11-14,17-18,28-30H,3-10,15-16H2,1-2H3. The molecule has 2 aromatic rings. The van der Waals surface area contributed by atoms with Gasteiger partial charge in [-0.05, 0) is 52.7 Å². The van der Waals surface area contributed by atoms with Crippen molar-refractivity contribution >= 4 is 20.3 Å². The SMILES string of the molecule is CCCCCCC1(CCCCCC)c2cc(O[B]O)ccc2-c2ccc(B(O)O)cc21. The molecule has 0 saturated heterocycles. The first-order valence-corrected chi connectivity index (χ1v) is 11.9. The highest BCUT2D eigenvalue weighted by atomic mass is 16.5. The van der Waals surface area contributed by atoms with Crippen molar-refractivity contribution in [2.24, 2.45) is 0 Å². The molecular formula is C25H35B2O4. The smallest absolute Gasteiger partial charge is 0.537 e. The zero-order valence-electron chi connectivity index (χ0n) is 18.9. The van der Waals surface area contributed by atoms with Crippen molar-refractivity contribution in [1.82, 2.24) is 0 Å². The molecule has 6 heteroatoms. The van der Waals surface area contributed by atoms with Crippen molar-refractivity contribution in [3.8, 4) is 16.9 Å². The summed E-state index contributed by atoms with van der Waals surface area (Å²) >= 11 is 0. The van der Waals surface area contributed by atoms with Crippen LogP contribution in [-0.4, -0.2) is 29.9 Å². The Kier molecular flexibility index (Phi) is 8.65. The molecule has 0 amide bonds. The highest BCUT2D eigenvalue weighted by Gasteiger charge is 2.43. The van der Waals surface area contributed by atoms with E-state index in [4.69, 9.17) is 9.68 Å². The highest BCUT2D eigenvalue weighted by molar-refractivity contribution is 6.58. The molecule has 0 spiro atoms. The summed E-state index contributed by atoms with van der Waals surface area (Å²) in [5.41, 5.74) is 5.16. The molecule has 0 aromatic heterocycles. The lowest BCUT2D eigenvalue weighted by Gasteiger charge is -2.33. The summed E-state index contributed by atoms with van der Waals surface area (Å²) in [6.07, 6.45) is 11.5. The van der Waals surface area contributed by atoms with Crippen LogP contribution in [-0.2, 0) is 5.41 Å². The van der Waals surface area contributed by atoms with Crippen LogP contribution in [0.4, 0.5) is 0 Å². The van der Waals surface area contributed by atoms with Crippen LogP contribution in [0, 0.1) is 0 Å². The van der Waals surface area contributed by atoms with Crippen molar-refractivity contribution in [3.05, 3.63) is 47.5 Å². The number of benzene rings is 2. The van der Waals surface area contributed by atoms with Crippen LogP contribution in [0.25, 0.3) is 11.1 Å². The monoisotopic (exact) mass is 421 g/mol. The zero-order valence-corrected chi connectivity index (χ0v) is 18.9. The minimum Gasteiger partial charge on any atom is -0.537 e. The van der Waals surface area contributed by atoms with Crippen LogP contribution in [0.15, 0.2) is 36.4 Å². The van der Waals surface area contributed by atoms with Gasteiger partial charge in [0, 0.05) is 5.41 Å². The number of fused-ring (bicyclic) bond motifs is 3. The van der Waals surface area contributed by atoms with E-state index < -0.39 is 7.12 Å². The van der Waals surface area contributed by atoms with Gasteiger partial charge < -0.3 is 19.7 Å². The van der Waals surface area contributed by atoms with Gasteiger partial charge in [0.25, 0.3) is 0 Å². The third-order valence-electron chi connectivity index (χ3n) is 6.76. The van der Waals surface area contributed by atoms with Crippen LogP contribution in [0.2, 0.25) is 0 Å². The molecule has 0 bridgehead atoms. The molecule has 4 nitrogen and oxygen atoms in total. The highest BCUT2D eigenvalue weighted by Crippen LogP contribution is 2.54. The quantitative estimate of drug-likeness (QED) is 0.330. The summed E-state index contributed by atoms with van der Waals surface area (Å²) in [5.74, 6) is 0.628. The van der Waals surface area contributed by atoms with Gasteiger partial charge in [-0.2, -0.15) is 0 Å². The van der Waals surface area contributed by atoms with E-state index in [2.05, 4.69) is 26.0 Å². The Morgan fingerprint density at radius 2 is 1.39 bits per heavy atom. The molecule has 1 radical (unpaired) electrons. The average Bonchev–Trinajstić information content (AvgIpc) is 3.03. The Hall–Kier alpha value is -1.75. The fraction of sp³-hybridized carbons (Fsp3) is 0.520. The molecule has 3 N–H and O–H groups in total. The van der Waals surface area contributed by atoms with Crippen LogP contribution in [0.5, 0.6) is 5.75 Å². The first-order valence-electron chi connectivity index (χ1n) is 11.9. The van der Waals surface area contributed by atoms with E-state index in [9.17, 15) is 10.0 Å². The van der Waals surface area contributed by atoms with Crippen LogP contribution in [0.1, 0.15) is 89.2 Å². The van der Waals surface area contributed by atoms with Gasteiger partial charge in [0.15, 0.2) is 0 Å². The average molecular weight is 421 g/mol. The molecule has 165 valence electrons. The molecule has 1 aliphatic carbocycles. The van der Waals surface area contributed by atoms with Gasteiger partial charge in [-0.3, -0.25) is 0 Å². The first kappa shape index (κ1) is 23.9. The lowest BCUT2D eigenvalue weighted by molar-refractivity contribution is 0.398. The van der Waals surface area contributed by atoms with E-state index in [1.165, 1.54) is 60.8 Å². The molecule has 1 aliphatic rings. The van der Waals surface area contributed by atoms with Crippen molar-refractivity contribution in [2.75, 3.05) is 0 Å². The molecule has 0 aliphatic heterocycles. The second kappa shape index (κ2) is 11.2. The first-order chi connectivity index (χ1) is 15.1. The van der Waals surface area contributed by atoms with Gasteiger partial charge in [-0.15, -0.1) is 0 Å². The Morgan fingerprint density at radius 1 is 0.806 bits per heavy atom.